The van der Waals surface area contributed by atoms with Gasteiger partial charge >= 0.3 is 0 Å². The molecule has 2 saturated heterocycles. The van der Waals surface area contributed by atoms with Crippen molar-refractivity contribution in [2.24, 2.45) is 0 Å². The van der Waals surface area contributed by atoms with Gasteiger partial charge in [0.05, 0.1) is 21.2 Å². The van der Waals surface area contributed by atoms with Gasteiger partial charge in [0.2, 0.25) is 0 Å². The second kappa shape index (κ2) is 7.78. The highest BCUT2D eigenvalue weighted by atomic mass is 35.5. The Balaban J connectivity index is 1.69. The average molecular weight is 483 g/mol. The Labute approximate surface area is 189 Å². The smallest absolute Gasteiger partial charge is 0.268 e. The fourth-order valence-corrected chi connectivity index (χ4v) is 5.64. The first-order chi connectivity index (χ1) is 13.4. The Kier molecular flexibility index (Phi) is 5.52. The van der Waals surface area contributed by atoms with Gasteiger partial charge in [-0.3, -0.25) is 19.4 Å². The minimum absolute atomic E-state index is 0.272. The lowest BCUT2D eigenvalue weighted by Gasteiger charge is -2.15. The van der Waals surface area contributed by atoms with Gasteiger partial charge in [-0.25, -0.2) is 0 Å². The monoisotopic (exact) mass is 482 g/mol. The first kappa shape index (κ1) is 19.9. The molecule has 2 aliphatic heterocycles. The van der Waals surface area contributed by atoms with E-state index in [1.165, 1.54) is 9.80 Å². The van der Waals surface area contributed by atoms with Crippen LogP contribution in [0.3, 0.4) is 0 Å². The highest BCUT2D eigenvalue weighted by molar-refractivity contribution is 8.30. The number of thiocarbonyl (C=S) groups is 2. The summed E-state index contributed by atoms with van der Waals surface area (Å²) in [6, 6.07) is 13.5. The third-order valence-electron chi connectivity index (χ3n) is 3.91. The average Bonchev–Trinajstić information content (AvgIpc) is 3.12. The van der Waals surface area contributed by atoms with Gasteiger partial charge < -0.3 is 0 Å². The van der Waals surface area contributed by atoms with E-state index in [9.17, 15) is 9.59 Å². The molecule has 2 amide bonds. The van der Waals surface area contributed by atoms with Gasteiger partial charge in [-0.15, -0.1) is 0 Å². The summed E-state index contributed by atoms with van der Waals surface area (Å²) < 4.78 is 0.693. The van der Waals surface area contributed by atoms with Crippen molar-refractivity contribution in [3.8, 4) is 0 Å². The van der Waals surface area contributed by atoms with Crippen molar-refractivity contribution >= 4 is 103 Å². The number of anilines is 2. The van der Waals surface area contributed by atoms with Gasteiger partial charge in [0.1, 0.15) is 0 Å². The van der Waals surface area contributed by atoms with Gasteiger partial charge in [0, 0.05) is 10.0 Å². The van der Waals surface area contributed by atoms with E-state index in [4.69, 9.17) is 47.6 Å². The molecule has 140 valence electrons. The van der Waals surface area contributed by atoms with Crippen molar-refractivity contribution in [2.75, 3.05) is 9.80 Å². The van der Waals surface area contributed by atoms with Gasteiger partial charge in [-0.2, -0.15) is 0 Å². The molecule has 0 aromatic heterocycles. The zero-order valence-electron chi connectivity index (χ0n) is 13.7. The fourth-order valence-electron chi connectivity index (χ4n) is 2.63. The van der Waals surface area contributed by atoms with E-state index in [0.29, 0.717) is 30.1 Å². The molecular formula is C18H8Cl2N2O2S4. The lowest BCUT2D eigenvalue weighted by Crippen LogP contribution is -2.29. The molecule has 0 bridgehead atoms. The largest absolute Gasteiger partial charge is 0.272 e. The summed E-state index contributed by atoms with van der Waals surface area (Å²) in [5.74, 6) is -0.706. The van der Waals surface area contributed by atoms with Crippen molar-refractivity contribution in [1.82, 2.24) is 0 Å². The molecule has 4 nitrogen and oxygen atoms in total. The summed E-state index contributed by atoms with van der Waals surface area (Å²) in [7, 11) is 0. The molecule has 0 radical (unpaired) electrons. The molecule has 0 atom stereocenters. The summed E-state index contributed by atoms with van der Waals surface area (Å²) >= 11 is 24.7. The second-order valence-electron chi connectivity index (χ2n) is 5.63. The number of rotatable bonds is 2. The van der Waals surface area contributed by atoms with Crippen LogP contribution in [0.2, 0.25) is 10.0 Å². The predicted octanol–water partition coefficient (Wildman–Crippen LogP) is 5.63. The van der Waals surface area contributed by atoms with Crippen LogP contribution < -0.4 is 9.80 Å². The Bertz CT molecular complexity index is 982. The van der Waals surface area contributed by atoms with Crippen LogP contribution in [0.1, 0.15) is 0 Å². The topological polar surface area (TPSA) is 40.6 Å². The van der Waals surface area contributed by atoms with Gasteiger partial charge in [-0.1, -0.05) is 71.2 Å². The van der Waals surface area contributed by atoms with Crippen molar-refractivity contribution < 1.29 is 9.59 Å². The molecule has 0 saturated carbocycles. The molecule has 0 aliphatic carbocycles. The molecule has 28 heavy (non-hydrogen) atoms. The van der Waals surface area contributed by atoms with Crippen molar-refractivity contribution in [3.05, 3.63) is 68.4 Å². The molecule has 10 heteroatoms. The Morgan fingerprint density at radius 2 is 0.964 bits per heavy atom. The van der Waals surface area contributed by atoms with E-state index in [0.717, 1.165) is 23.5 Å². The standard InChI is InChI=1S/C18H8Cl2N2O2S4/c19-9-1-5-11(6-2-9)21-15(23)13(27-17(21)25)14-16(24)22(18(26)28-14)12-7-3-10(20)4-8-12/h1-8H. The van der Waals surface area contributed by atoms with E-state index in [-0.39, 0.29) is 21.6 Å². The van der Waals surface area contributed by atoms with Crippen LogP contribution in [-0.2, 0) is 9.59 Å². The van der Waals surface area contributed by atoms with Gasteiger partial charge in [0.15, 0.2) is 8.64 Å². The number of halogens is 2. The number of carbonyl (C=O) groups is 2. The summed E-state index contributed by atoms with van der Waals surface area (Å²) in [5.41, 5.74) is 1.19. The van der Waals surface area contributed by atoms with E-state index in [2.05, 4.69) is 0 Å². The SMILES string of the molecule is O=C1C(=C2SC(=S)N(c3ccc(Cl)cc3)C2=O)SC(=S)N1c1ccc(Cl)cc1. The summed E-state index contributed by atoms with van der Waals surface area (Å²) in [5, 5.41) is 1.11. The van der Waals surface area contributed by atoms with Crippen molar-refractivity contribution in [1.29, 1.82) is 0 Å². The molecule has 0 spiro atoms. The number of carbonyl (C=O) groups excluding carboxylic acids is 2. The molecule has 2 fully saturated rings. The molecule has 0 N–H and O–H groups in total. The lowest BCUT2D eigenvalue weighted by molar-refractivity contribution is -0.115. The number of hydrogen-bond acceptors (Lipinski definition) is 6. The second-order valence-corrected chi connectivity index (χ2v) is 9.79. The van der Waals surface area contributed by atoms with Gasteiger partial charge in [-0.05, 0) is 48.5 Å². The van der Waals surface area contributed by atoms with Crippen LogP contribution >= 0.6 is 71.2 Å². The zero-order valence-corrected chi connectivity index (χ0v) is 18.5. The fraction of sp³-hybridized carbons (Fsp3) is 0. The summed E-state index contributed by atoms with van der Waals surface area (Å²) in [6.07, 6.45) is 0. The highest BCUT2D eigenvalue weighted by Gasteiger charge is 2.43. The predicted molar refractivity (Wildman–Crippen MR) is 125 cm³/mol. The third kappa shape index (κ3) is 3.49. The molecular weight excluding hydrogens is 475 g/mol. The number of nitrogens with zero attached hydrogens (tertiary/aromatic N) is 2. The maximum absolute atomic E-state index is 13.0. The number of hydrogen-bond donors (Lipinski definition) is 0. The maximum Gasteiger partial charge on any atom is 0.272 e. The minimum atomic E-state index is -0.353. The van der Waals surface area contributed by atoms with Crippen LogP contribution in [0.4, 0.5) is 11.4 Å². The number of thioether (sulfide) groups is 2. The van der Waals surface area contributed by atoms with E-state index in [1.807, 2.05) is 0 Å². The maximum atomic E-state index is 13.0. The van der Waals surface area contributed by atoms with Gasteiger partial charge in [0.25, 0.3) is 11.8 Å². The van der Waals surface area contributed by atoms with Crippen LogP contribution in [-0.4, -0.2) is 20.5 Å². The normalized spacial score (nSPS) is 19.9. The van der Waals surface area contributed by atoms with Crippen LogP contribution in [0.25, 0.3) is 0 Å². The third-order valence-corrected chi connectivity index (χ3v) is 7.29. The highest BCUT2D eigenvalue weighted by Crippen LogP contribution is 2.44. The van der Waals surface area contributed by atoms with Crippen molar-refractivity contribution in [2.45, 2.75) is 0 Å². The van der Waals surface area contributed by atoms with Crippen LogP contribution in [0.5, 0.6) is 0 Å². The van der Waals surface area contributed by atoms with Crippen LogP contribution in [0, 0.1) is 0 Å². The van der Waals surface area contributed by atoms with Crippen molar-refractivity contribution in [3.63, 3.8) is 0 Å². The minimum Gasteiger partial charge on any atom is -0.268 e. The lowest BCUT2D eigenvalue weighted by atomic mass is 10.2. The molecule has 4 rings (SSSR count). The molecule has 2 heterocycles. The number of benzene rings is 2. The van der Waals surface area contributed by atoms with E-state index in [1.54, 1.807) is 48.5 Å². The first-order valence-corrected chi connectivity index (χ1v) is 11.0. The molecule has 2 aromatic rings. The molecule has 2 aliphatic rings. The quantitative estimate of drug-likeness (QED) is 0.407. The first-order valence-electron chi connectivity index (χ1n) is 7.75. The molecule has 0 unspecified atom stereocenters. The zero-order chi connectivity index (χ0) is 20.0. The Morgan fingerprint density at radius 1 is 0.643 bits per heavy atom. The van der Waals surface area contributed by atoms with E-state index < -0.39 is 0 Å². The van der Waals surface area contributed by atoms with E-state index >= 15 is 0 Å². The van der Waals surface area contributed by atoms with Crippen LogP contribution in [0.15, 0.2) is 58.3 Å². The molecule has 2 aromatic carbocycles. The Hall–Kier alpha value is -1.42. The number of amides is 2. The summed E-state index contributed by atoms with van der Waals surface area (Å²) in [4.78, 5) is 29.3. The summed E-state index contributed by atoms with van der Waals surface area (Å²) in [6.45, 7) is 0. The Morgan fingerprint density at radius 3 is 1.29 bits per heavy atom.